The highest BCUT2D eigenvalue weighted by molar-refractivity contribution is 7.90. The maximum absolute atomic E-state index is 10.9. The second kappa shape index (κ2) is 6.26. The minimum atomic E-state index is -2.87. The molecule has 0 aliphatic rings. The van der Waals surface area contributed by atoms with E-state index in [4.69, 9.17) is 5.26 Å². The van der Waals surface area contributed by atoms with Crippen molar-refractivity contribution in [2.75, 3.05) is 23.9 Å². The van der Waals surface area contributed by atoms with Gasteiger partial charge in [0.2, 0.25) is 0 Å². The van der Waals surface area contributed by atoms with E-state index in [0.29, 0.717) is 19.4 Å². The van der Waals surface area contributed by atoms with Crippen LogP contribution in [0.5, 0.6) is 0 Å². The molecular weight excluding hydrogens is 236 g/mol. The Bertz CT molecular complexity index is 486. The first-order chi connectivity index (χ1) is 8.01. The molecule has 0 spiro atoms. The molecule has 5 heteroatoms. The quantitative estimate of drug-likeness (QED) is 0.781. The molecule has 0 radical (unpaired) electrons. The van der Waals surface area contributed by atoms with Crippen LogP contribution < -0.4 is 5.32 Å². The molecule has 1 rings (SSSR count). The molecular formula is C12H16N2O2S. The molecule has 0 amide bonds. The minimum absolute atomic E-state index is 0.201. The van der Waals surface area contributed by atoms with E-state index >= 15 is 0 Å². The molecule has 0 fully saturated rings. The highest BCUT2D eigenvalue weighted by Crippen LogP contribution is 2.09. The number of benzene rings is 1. The van der Waals surface area contributed by atoms with E-state index < -0.39 is 9.84 Å². The molecule has 0 aromatic heterocycles. The van der Waals surface area contributed by atoms with Gasteiger partial charge in [-0.2, -0.15) is 5.26 Å². The SMILES string of the molecule is CS(=O)(=O)CCCNc1ccc(CC#N)cc1. The highest BCUT2D eigenvalue weighted by Gasteiger charge is 2.00. The van der Waals surface area contributed by atoms with Gasteiger partial charge in [-0.3, -0.25) is 0 Å². The fourth-order valence-corrected chi connectivity index (χ4v) is 2.07. The average molecular weight is 252 g/mol. The summed E-state index contributed by atoms with van der Waals surface area (Å²) in [6.45, 7) is 0.630. The van der Waals surface area contributed by atoms with Gasteiger partial charge in [-0.15, -0.1) is 0 Å². The van der Waals surface area contributed by atoms with Gasteiger partial charge in [-0.05, 0) is 24.1 Å². The number of anilines is 1. The van der Waals surface area contributed by atoms with Gasteiger partial charge in [-0.25, -0.2) is 8.42 Å². The van der Waals surface area contributed by atoms with Crippen LogP contribution in [0.4, 0.5) is 5.69 Å². The molecule has 0 saturated carbocycles. The fraction of sp³-hybridized carbons (Fsp3) is 0.417. The summed E-state index contributed by atoms with van der Waals surface area (Å²) in [6.07, 6.45) is 2.25. The van der Waals surface area contributed by atoms with Gasteiger partial charge in [0.05, 0.1) is 18.2 Å². The monoisotopic (exact) mass is 252 g/mol. The van der Waals surface area contributed by atoms with E-state index in [1.165, 1.54) is 6.26 Å². The number of nitrogens with one attached hydrogen (secondary N) is 1. The fourth-order valence-electron chi connectivity index (χ4n) is 1.40. The summed E-state index contributed by atoms with van der Waals surface area (Å²) in [5.41, 5.74) is 1.93. The Kier molecular flexibility index (Phi) is 4.98. The van der Waals surface area contributed by atoms with E-state index in [1.54, 1.807) is 0 Å². The zero-order chi connectivity index (χ0) is 12.7. The van der Waals surface area contributed by atoms with Gasteiger partial charge in [0, 0.05) is 18.5 Å². The Morgan fingerprint density at radius 3 is 2.47 bits per heavy atom. The molecule has 0 aliphatic carbocycles. The van der Waals surface area contributed by atoms with Gasteiger partial charge < -0.3 is 5.32 Å². The molecule has 17 heavy (non-hydrogen) atoms. The van der Waals surface area contributed by atoms with Crippen LogP contribution >= 0.6 is 0 Å². The topological polar surface area (TPSA) is 70.0 Å². The molecule has 0 aliphatic heterocycles. The standard InChI is InChI=1S/C12H16N2O2S/c1-17(15,16)10-2-9-14-12-5-3-11(4-6-12)7-8-13/h3-6,14H,2,7,9-10H2,1H3. The van der Waals surface area contributed by atoms with Crippen molar-refractivity contribution >= 4 is 15.5 Å². The summed E-state index contributed by atoms with van der Waals surface area (Å²) >= 11 is 0. The van der Waals surface area contributed by atoms with Crippen LogP contribution in [-0.2, 0) is 16.3 Å². The number of nitrogens with zero attached hydrogens (tertiary/aromatic N) is 1. The minimum Gasteiger partial charge on any atom is -0.385 e. The van der Waals surface area contributed by atoms with Crippen molar-refractivity contribution in [3.05, 3.63) is 29.8 Å². The number of rotatable bonds is 6. The van der Waals surface area contributed by atoms with Crippen LogP contribution in [0.1, 0.15) is 12.0 Å². The summed E-state index contributed by atoms with van der Waals surface area (Å²) < 4.78 is 21.8. The van der Waals surface area contributed by atoms with Crippen molar-refractivity contribution in [2.45, 2.75) is 12.8 Å². The number of sulfone groups is 1. The van der Waals surface area contributed by atoms with Crippen LogP contribution in [0, 0.1) is 11.3 Å². The van der Waals surface area contributed by atoms with E-state index in [-0.39, 0.29) is 5.75 Å². The van der Waals surface area contributed by atoms with Crippen molar-refractivity contribution in [1.82, 2.24) is 0 Å². The maximum atomic E-state index is 10.9. The predicted octanol–water partition coefficient (Wildman–Crippen LogP) is 1.60. The third-order valence-corrected chi connectivity index (χ3v) is 3.29. The normalized spacial score (nSPS) is 10.8. The van der Waals surface area contributed by atoms with Crippen molar-refractivity contribution in [3.8, 4) is 6.07 Å². The van der Waals surface area contributed by atoms with Crippen LogP contribution in [0.3, 0.4) is 0 Å². The van der Waals surface area contributed by atoms with E-state index in [2.05, 4.69) is 11.4 Å². The molecule has 0 heterocycles. The van der Waals surface area contributed by atoms with Crippen LogP contribution in [-0.4, -0.2) is 27.0 Å². The summed E-state index contributed by atoms with van der Waals surface area (Å²) in [4.78, 5) is 0. The molecule has 0 saturated heterocycles. The van der Waals surface area contributed by atoms with Gasteiger partial charge in [0.15, 0.2) is 0 Å². The van der Waals surface area contributed by atoms with Crippen LogP contribution in [0.15, 0.2) is 24.3 Å². The Morgan fingerprint density at radius 1 is 1.29 bits per heavy atom. The highest BCUT2D eigenvalue weighted by atomic mass is 32.2. The van der Waals surface area contributed by atoms with Crippen molar-refractivity contribution in [3.63, 3.8) is 0 Å². The Balaban J connectivity index is 2.35. The molecule has 1 aromatic carbocycles. The number of hydrogen-bond acceptors (Lipinski definition) is 4. The van der Waals surface area contributed by atoms with E-state index in [1.807, 2.05) is 24.3 Å². The molecule has 0 unspecified atom stereocenters. The molecule has 0 atom stereocenters. The number of nitriles is 1. The van der Waals surface area contributed by atoms with Gasteiger partial charge >= 0.3 is 0 Å². The zero-order valence-electron chi connectivity index (χ0n) is 9.81. The van der Waals surface area contributed by atoms with Crippen molar-refractivity contribution in [2.24, 2.45) is 0 Å². The van der Waals surface area contributed by atoms with Crippen molar-refractivity contribution < 1.29 is 8.42 Å². The van der Waals surface area contributed by atoms with Crippen molar-refractivity contribution in [1.29, 1.82) is 5.26 Å². The average Bonchev–Trinajstić information content (AvgIpc) is 2.26. The molecule has 0 bridgehead atoms. The Hall–Kier alpha value is -1.54. The summed E-state index contributed by atoms with van der Waals surface area (Å²) in [5.74, 6) is 0.201. The second-order valence-corrected chi connectivity index (χ2v) is 6.20. The molecule has 1 N–H and O–H groups in total. The largest absolute Gasteiger partial charge is 0.385 e. The summed E-state index contributed by atoms with van der Waals surface area (Å²) in [5, 5.41) is 11.7. The molecule has 4 nitrogen and oxygen atoms in total. The third kappa shape index (κ3) is 5.93. The van der Waals surface area contributed by atoms with Gasteiger partial charge in [-0.1, -0.05) is 12.1 Å². The van der Waals surface area contributed by atoms with E-state index in [9.17, 15) is 8.42 Å². The van der Waals surface area contributed by atoms with Crippen LogP contribution in [0.25, 0.3) is 0 Å². The predicted molar refractivity (Wildman–Crippen MR) is 68.6 cm³/mol. The zero-order valence-corrected chi connectivity index (χ0v) is 10.6. The molecule has 1 aromatic rings. The number of hydrogen-bond donors (Lipinski definition) is 1. The first-order valence-corrected chi connectivity index (χ1v) is 7.45. The van der Waals surface area contributed by atoms with E-state index in [0.717, 1.165) is 11.3 Å². The smallest absolute Gasteiger partial charge is 0.147 e. The van der Waals surface area contributed by atoms with Gasteiger partial charge in [0.25, 0.3) is 0 Å². The van der Waals surface area contributed by atoms with Gasteiger partial charge in [0.1, 0.15) is 9.84 Å². The lowest BCUT2D eigenvalue weighted by molar-refractivity contribution is 0.600. The Morgan fingerprint density at radius 2 is 1.94 bits per heavy atom. The first-order valence-electron chi connectivity index (χ1n) is 5.39. The van der Waals surface area contributed by atoms with Crippen LogP contribution in [0.2, 0.25) is 0 Å². The maximum Gasteiger partial charge on any atom is 0.147 e. The molecule has 92 valence electrons. The third-order valence-electron chi connectivity index (χ3n) is 2.26. The summed E-state index contributed by atoms with van der Waals surface area (Å²) in [6, 6.07) is 9.66. The lowest BCUT2D eigenvalue weighted by Gasteiger charge is -2.06. The lowest BCUT2D eigenvalue weighted by atomic mass is 10.1. The first kappa shape index (κ1) is 13.5. The summed E-state index contributed by atoms with van der Waals surface area (Å²) in [7, 11) is -2.87. The second-order valence-electron chi connectivity index (χ2n) is 3.94. The Labute approximate surface area is 102 Å². The lowest BCUT2D eigenvalue weighted by Crippen LogP contribution is -2.09.